The number of ether oxygens (including phenoxy) is 2. The van der Waals surface area contributed by atoms with Gasteiger partial charge < -0.3 is 20.1 Å². The van der Waals surface area contributed by atoms with Crippen molar-refractivity contribution in [2.24, 2.45) is 0 Å². The van der Waals surface area contributed by atoms with Crippen LogP contribution in [-0.4, -0.2) is 34.9 Å². The number of nitrogens with zero attached hydrogens (tertiary/aromatic N) is 3. The normalized spacial score (nSPS) is 14.7. The Balaban J connectivity index is 1.61. The molecule has 176 valence electrons. The topological polar surface area (TPSA) is 90.3 Å². The van der Waals surface area contributed by atoms with E-state index in [0.717, 1.165) is 11.1 Å². The number of hydrogen-bond acceptors (Lipinski definition) is 6. The quantitative estimate of drug-likeness (QED) is 0.420. The number of anilines is 2. The zero-order valence-electron chi connectivity index (χ0n) is 19.6. The van der Waals surface area contributed by atoms with Crippen LogP contribution >= 0.6 is 0 Å². The van der Waals surface area contributed by atoms with Crippen LogP contribution in [0, 0.1) is 0 Å². The molecule has 0 fully saturated rings. The molecule has 0 radical (unpaired) electrons. The summed E-state index contributed by atoms with van der Waals surface area (Å²) in [6.45, 7) is 1.87. The Morgan fingerprint density at radius 3 is 2.40 bits per heavy atom. The first-order valence-electron chi connectivity index (χ1n) is 11.2. The van der Waals surface area contributed by atoms with Gasteiger partial charge in [-0.1, -0.05) is 42.5 Å². The molecule has 1 aromatic heterocycles. The summed E-state index contributed by atoms with van der Waals surface area (Å²) in [5.41, 5.74) is 3.61. The molecule has 5 rings (SSSR count). The number of nitrogens with one attached hydrogen (secondary N) is 2. The molecule has 35 heavy (non-hydrogen) atoms. The molecule has 1 atom stereocenters. The van der Waals surface area contributed by atoms with Gasteiger partial charge in [-0.25, -0.2) is 4.68 Å². The van der Waals surface area contributed by atoms with Crippen LogP contribution in [0.2, 0.25) is 0 Å². The summed E-state index contributed by atoms with van der Waals surface area (Å²) in [4.78, 5) is 18.3. The molecule has 0 aliphatic carbocycles. The predicted molar refractivity (Wildman–Crippen MR) is 135 cm³/mol. The monoisotopic (exact) mass is 467 g/mol. The van der Waals surface area contributed by atoms with E-state index in [1.54, 1.807) is 18.9 Å². The molecule has 0 saturated heterocycles. The van der Waals surface area contributed by atoms with Gasteiger partial charge in [0.25, 0.3) is 5.91 Å². The van der Waals surface area contributed by atoms with Gasteiger partial charge in [0.15, 0.2) is 5.82 Å². The van der Waals surface area contributed by atoms with Crippen molar-refractivity contribution < 1.29 is 14.3 Å². The standard InChI is InChI=1S/C27H25N5O3/c1-17-23(26(33)29-20-11-5-4-6-12-20)24(18-9-7-13-21(15-18)34-2)32-27(28-17)30-25(31-32)19-10-8-14-22(16-19)35-3/h4-16,24H,1-3H3,(H,29,33)(H,28,30,31). The Kier molecular flexibility index (Phi) is 5.93. The predicted octanol–water partition coefficient (Wildman–Crippen LogP) is 4.89. The van der Waals surface area contributed by atoms with E-state index in [1.165, 1.54) is 0 Å². The van der Waals surface area contributed by atoms with Gasteiger partial charge in [0.1, 0.15) is 17.5 Å². The Bertz CT molecular complexity index is 1410. The maximum atomic E-state index is 13.6. The highest BCUT2D eigenvalue weighted by atomic mass is 16.5. The molecule has 8 heteroatoms. The fourth-order valence-corrected chi connectivity index (χ4v) is 4.17. The second kappa shape index (κ2) is 9.34. The van der Waals surface area contributed by atoms with Crippen LogP contribution in [0.5, 0.6) is 11.5 Å². The molecular formula is C27H25N5O3. The molecule has 2 N–H and O–H groups in total. The first-order valence-corrected chi connectivity index (χ1v) is 11.2. The van der Waals surface area contributed by atoms with Crippen LogP contribution in [0.4, 0.5) is 11.6 Å². The number of allylic oxidation sites excluding steroid dienone is 1. The summed E-state index contributed by atoms with van der Waals surface area (Å²) in [7, 11) is 3.24. The zero-order valence-corrected chi connectivity index (χ0v) is 19.6. The summed E-state index contributed by atoms with van der Waals surface area (Å²) in [6.07, 6.45) is 0. The van der Waals surface area contributed by atoms with Crippen molar-refractivity contribution in [2.75, 3.05) is 24.9 Å². The van der Waals surface area contributed by atoms with Crippen molar-refractivity contribution in [2.45, 2.75) is 13.0 Å². The third-order valence-electron chi connectivity index (χ3n) is 5.87. The van der Waals surface area contributed by atoms with E-state index in [0.29, 0.717) is 40.2 Å². The largest absolute Gasteiger partial charge is 0.497 e. The van der Waals surface area contributed by atoms with Crippen molar-refractivity contribution >= 4 is 17.5 Å². The lowest BCUT2D eigenvalue weighted by Gasteiger charge is -2.28. The molecule has 0 saturated carbocycles. The highest BCUT2D eigenvalue weighted by Crippen LogP contribution is 2.38. The Morgan fingerprint density at radius 1 is 0.943 bits per heavy atom. The van der Waals surface area contributed by atoms with E-state index in [1.807, 2.05) is 85.8 Å². The summed E-state index contributed by atoms with van der Waals surface area (Å²) in [5, 5.41) is 11.1. The summed E-state index contributed by atoms with van der Waals surface area (Å²) >= 11 is 0. The third kappa shape index (κ3) is 4.33. The minimum atomic E-state index is -0.517. The smallest absolute Gasteiger partial charge is 0.255 e. The fourth-order valence-electron chi connectivity index (χ4n) is 4.17. The van der Waals surface area contributed by atoms with E-state index in [2.05, 4.69) is 10.6 Å². The molecule has 2 heterocycles. The molecule has 8 nitrogen and oxygen atoms in total. The first kappa shape index (κ1) is 22.2. The lowest BCUT2D eigenvalue weighted by Crippen LogP contribution is -2.31. The number of para-hydroxylation sites is 1. The number of amides is 1. The van der Waals surface area contributed by atoms with Gasteiger partial charge in [0, 0.05) is 16.9 Å². The van der Waals surface area contributed by atoms with Gasteiger partial charge in [0.2, 0.25) is 5.95 Å². The number of carbonyl (C=O) groups excluding carboxylic acids is 1. The van der Waals surface area contributed by atoms with E-state index in [4.69, 9.17) is 19.6 Å². The van der Waals surface area contributed by atoms with E-state index >= 15 is 0 Å². The van der Waals surface area contributed by atoms with E-state index in [-0.39, 0.29) is 5.91 Å². The Labute approximate surface area is 203 Å². The molecule has 1 amide bonds. The average molecular weight is 468 g/mol. The summed E-state index contributed by atoms with van der Waals surface area (Å²) in [5.74, 6) is 2.25. The van der Waals surface area contributed by atoms with Gasteiger partial charge in [-0.3, -0.25) is 4.79 Å². The molecule has 0 spiro atoms. The van der Waals surface area contributed by atoms with Crippen LogP contribution in [0.1, 0.15) is 18.5 Å². The van der Waals surface area contributed by atoms with Crippen LogP contribution in [0.3, 0.4) is 0 Å². The van der Waals surface area contributed by atoms with Crippen molar-refractivity contribution in [3.05, 3.63) is 95.7 Å². The second-order valence-corrected chi connectivity index (χ2v) is 8.10. The van der Waals surface area contributed by atoms with E-state index < -0.39 is 6.04 Å². The SMILES string of the molecule is COc1cccc(-c2nc3n(n2)C(c2cccc(OC)c2)C(C(=O)Nc2ccccc2)=C(C)N3)c1. The molecule has 1 aliphatic rings. The van der Waals surface area contributed by atoms with Gasteiger partial charge >= 0.3 is 0 Å². The number of rotatable bonds is 6. The number of carbonyl (C=O) groups is 1. The summed E-state index contributed by atoms with van der Waals surface area (Å²) < 4.78 is 12.6. The van der Waals surface area contributed by atoms with Crippen molar-refractivity contribution in [1.29, 1.82) is 0 Å². The number of fused-ring (bicyclic) bond motifs is 1. The zero-order chi connectivity index (χ0) is 24.4. The molecule has 3 aromatic carbocycles. The first-order chi connectivity index (χ1) is 17.1. The number of aromatic nitrogens is 3. The summed E-state index contributed by atoms with van der Waals surface area (Å²) in [6, 6.07) is 24.1. The Hall–Kier alpha value is -4.59. The molecular weight excluding hydrogens is 442 g/mol. The lowest BCUT2D eigenvalue weighted by atomic mass is 9.95. The van der Waals surface area contributed by atoms with Crippen LogP contribution in [0.15, 0.2) is 90.1 Å². The maximum absolute atomic E-state index is 13.6. The average Bonchev–Trinajstić information content (AvgIpc) is 3.32. The van der Waals surface area contributed by atoms with Crippen molar-refractivity contribution in [3.8, 4) is 22.9 Å². The highest BCUT2D eigenvalue weighted by Gasteiger charge is 2.34. The van der Waals surface area contributed by atoms with Crippen molar-refractivity contribution in [3.63, 3.8) is 0 Å². The number of benzene rings is 3. The highest BCUT2D eigenvalue weighted by molar-refractivity contribution is 6.06. The minimum absolute atomic E-state index is 0.224. The third-order valence-corrected chi connectivity index (χ3v) is 5.87. The van der Waals surface area contributed by atoms with Crippen molar-refractivity contribution in [1.82, 2.24) is 14.8 Å². The van der Waals surface area contributed by atoms with Gasteiger partial charge in [0.05, 0.1) is 19.8 Å². The molecule has 1 unspecified atom stereocenters. The second-order valence-electron chi connectivity index (χ2n) is 8.10. The van der Waals surface area contributed by atoms with Gasteiger partial charge in [-0.15, -0.1) is 5.10 Å². The molecule has 1 aliphatic heterocycles. The van der Waals surface area contributed by atoms with Crippen LogP contribution < -0.4 is 20.1 Å². The van der Waals surface area contributed by atoms with Gasteiger partial charge in [-0.05, 0) is 48.9 Å². The van der Waals surface area contributed by atoms with E-state index in [9.17, 15) is 4.79 Å². The van der Waals surface area contributed by atoms with Gasteiger partial charge in [-0.2, -0.15) is 4.98 Å². The Morgan fingerprint density at radius 2 is 1.66 bits per heavy atom. The molecule has 0 bridgehead atoms. The lowest BCUT2D eigenvalue weighted by molar-refractivity contribution is -0.113. The fraction of sp³-hybridized carbons (Fsp3) is 0.148. The molecule has 4 aromatic rings. The minimum Gasteiger partial charge on any atom is -0.497 e. The number of hydrogen-bond donors (Lipinski definition) is 2. The van der Waals surface area contributed by atoms with Crippen LogP contribution in [-0.2, 0) is 4.79 Å². The number of methoxy groups -OCH3 is 2. The maximum Gasteiger partial charge on any atom is 0.255 e. The van der Waals surface area contributed by atoms with Crippen LogP contribution in [0.25, 0.3) is 11.4 Å².